The second-order valence-corrected chi connectivity index (χ2v) is 7.98. The van der Waals surface area contributed by atoms with Crippen molar-refractivity contribution in [1.29, 1.82) is 5.26 Å². The average molecular weight is 432 g/mol. The van der Waals surface area contributed by atoms with Gasteiger partial charge in [-0.05, 0) is 51.5 Å². The SMILES string of the molecule is Cc1nn(CC(=O)c2cc(C)n(C[C@@H]3COc4ccccc4O3)c2C)c(=O)c(C#N)c1C. The Morgan fingerprint density at radius 3 is 2.66 bits per heavy atom. The first-order valence-electron chi connectivity index (χ1n) is 10.4. The van der Waals surface area contributed by atoms with Gasteiger partial charge in [0, 0.05) is 17.0 Å². The van der Waals surface area contributed by atoms with Crippen molar-refractivity contribution in [2.45, 2.75) is 46.9 Å². The van der Waals surface area contributed by atoms with E-state index in [4.69, 9.17) is 9.47 Å². The lowest BCUT2D eigenvalue weighted by molar-refractivity contribution is 0.0777. The van der Waals surface area contributed by atoms with Crippen LogP contribution in [-0.2, 0) is 13.1 Å². The monoisotopic (exact) mass is 432 g/mol. The Morgan fingerprint density at radius 2 is 1.94 bits per heavy atom. The lowest BCUT2D eigenvalue weighted by atomic mass is 10.1. The summed E-state index contributed by atoms with van der Waals surface area (Å²) in [6.07, 6.45) is -0.195. The summed E-state index contributed by atoms with van der Waals surface area (Å²) in [5.41, 5.74) is 2.77. The van der Waals surface area contributed by atoms with E-state index >= 15 is 0 Å². The number of ether oxygens (including phenoxy) is 2. The molecule has 0 aliphatic carbocycles. The van der Waals surface area contributed by atoms with Crippen LogP contribution in [-0.4, -0.2) is 32.8 Å². The van der Waals surface area contributed by atoms with Gasteiger partial charge in [0.1, 0.15) is 24.8 Å². The molecule has 32 heavy (non-hydrogen) atoms. The molecule has 3 aromatic rings. The summed E-state index contributed by atoms with van der Waals surface area (Å²) in [5, 5.41) is 13.5. The maximum Gasteiger partial charge on any atom is 0.285 e. The highest BCUT2D eigenvalue weighted by atomic mass is 16.6. The van der Waals surface area contributed by atoms with E-state index in [9.17, 15) is 14.9 Å². The number of rotatable bonds is 5. The van der Waals surface area contributed by atoms with Crippen LogP contribution in [0.1, 0.15) is 38.6 Å². The lowest BCUT2D eigenvalue weighted by Gasteiger charge is -2.27. The van der Waals surface area contributed by atoms with Crippen molar-refractivity contribution in [2.24, 2.45) is 0 Å². The molecule has 0 fully saturated rings. The predicted octanol–water partition coefficient (Wildman–Crippen LogP) is 2.87. The number of Topliss-reactive ketones (excluding diaryl/α,β-unsaturated/α-hetero) is 1. The van der Waals surface area contributed by atoms with Crippen molar-refractivity contribution in [1.82, 2.24) is 14.3 Å². The second kappa shape index (κ2) is 8.35. The summed E-state index contributed by atoms with van der Waals surface area (Å²) in [7, 11) is 0. The first kappa shape index (κ1) is 21.4. The van der Waals surface area contributed by atoms with Gasteiger partial charge in [-0.1, -0.05) is 12.1 Å². The van der Waals surface area contributed by atoms with Crippen LogP contribution >= 0.6 is 0 Å². The topological polar surface area (TPSA) is 99.1 Å². The van der Waals surface area contributed by atoms with Crippen LogP contribution < -0.4 is 15.0 Å². The van der Waals surface area contributed by atoms with Crippen molar-refractivity contribution in [2.75, 3.05) is 6.61 Å². The molecule has 0 amide bonds. The molecule has 0 spiro atoms. The van der Waals surface area contributed by atoms with E-state index in [1.807, 2.05) is 54.8 Å². The van der Waals surface area contributed by atoms with E-state index < -0.39 is 5.56 Å². The Bertz CT molecular complexity index is 1310. The number of fused-ring (bicyclic) bond motifs is 1. The maximum absolute atomic E-state index is 13.1. The molecule has 1 aromatic carbocycles. The van der Waals surface area contributed by atoms with E-state index in [0.717, 1.165) is 21.8 Å². The van der Waals surface area contributed by atoms with Crippen molar-refractivity contribution in [3.8, 4) is 17.6 Å². The van der Waals surface area contributed by atoms with E-state index in [2.05, 4.69) is 5.10 Å². The molecule has 8 heteroatoms. The second-order valence-electron chi connectivity index (χ2n) is 7.98. The summed E-state index contributed by atoms with van der Waals surface area (Å²) in [5.74, 6) is 1.19. The number of hydrogen-bond donors (Lipinski definition) is 0. The molecule has 1 aliphatic heterocycles. The minimum atomic E-state index is -0.552. The Kier molecular flexibility index (Phi) is 5.57. The predicted molar refractivity (Wildman–Crippen MR) is 117 cm³/mol. The van der Waals surface area contributed by atoms with Crippen LogP contribution in [0.3, 0.4) is 0 Å². The standard InChI is InChI=1S/C24H24N4O4/c1-14-9-19(21(29)12-28-24(30)20(10-25)15(2)16(3)26-28)17(4)27(14)11-18-13-31-22-7-5-6-8-23(22)32-18/h5-9,18H,11-13H2,1-4H3/t18-/m1/s1. The molecule has 1 aliphatic rings. The molecule has 8 nitrogen and oxygen atoms in total. The summed E-state index contributed by atoms with van der Waals surface area (Å²) >= 11 is 0. The van der Waals surface area contributed by atoms with Gasteiger partial charge >= 0.3 is 0 Å². The zero-order valence-electron chi connectivity index (χ0n) is 18.5. The van der Waals surface area contributed by atoms with Crippen LogP contribution in [0.15, 0.2) is 35.1 Å². The third kappa shape index (κ3) is 3.78. The third-order valence-corrected chi connectivity index (χ3v) is 5.87. The summed E-state index contributed by atoms with van der Waals surface area (Å²) in [6.45, 7) is 7.90. The summed E-state index contributed by atoms with van der Waals surface area (Å²) < 4.78 is 15.0. The Hall–Kier alpha value is -3.86. The highest BCUT2D eigenvalue weighted by Gasteiger charge is 2.24. The first-order chi connectivity index (χ1) is 15.3. The van der Waals surface area contributed by atoms with Crippen molar-refractivity contribution < 1.29 is 14.3 Å². The molecule has 1 atom stereocenters. The van der Waals surface area contributed by atoms with E-state index in [-0.39, 0.29) is 24.0 Å². The quantitative estimate of drug-likeness (QED) is 0.575. The number of nitrogens with zero attached hydrogens (tertiary/aromatic N) is 4. The number of aromatic nitrogens is 3. The zero-order chi connectivity index (χ0) is 23.0. The van der Waals surface area contributed by atoms with Gasteiger partial charge in [-0.2, -0.15) is 10.4 Å². The maximum atomic E-state index is 13.1. The minimum Gasteiger partial charge on any atom is -0.486 e. The fourth-order valence-electron chi connectivity index (χ4n) is 3.95. The van der Waals surface area contributed by atoms with Crippen LogP contribution in [0, 0.1) is 39.0 Å². The number of ketones is 1. The molecule has 0 bridgehead atoms. The molecule has 2 aromatic heterocycles. The lowest BCUT2D eigenvalue weighted by Crippen LogP contribution is -2.33. The highest BCUT2D eigenvalue weighted by molar-refractivity contribution is 5.97. The molecule has 0 saturated carbocycles. The minimum absolute atomic E-state index is 0.0190. The fraction of sp³-hybridized carbons (Fsp3) is 0.333. The number of benzene rings is 1. The van der Waals surface area contributed by atoms with Crippen molar-refractivity contribution >= 4 is 5.78 Å². The largest absolute Gasteiger partial charge is 0.486 e. The Balaban J connectivity index is 1.56. The summed E-state index contributed by atoms with van der Waals surface area (Å²) in [4.78, 5) is 25.6. The van der Waals surface area contributed by atoms with Crippen LogP contribution in [0.25, 0.3) is 0 Å². The molecule has 164 valence electrons. The number of aryl methyl sites for hydroxylation is 2. The number of carbonyl (C=O) groups excluding carboxylic acids is 1. The van der Waals surface area contributed by atoms with Gasteiger partial charge in [0.2, 0.25) is 0 Å². The van der Waals surface area contributed by atoms with Crippen LogP contribution in [0.2, 0.25) is 0 Å². The van der Waals surface area contributed by atoms with E-state index in [1.54, 1.807) is 13.8 Å². The van der Waals surface area contributed by atoms with Crippen molar-refractivity contribution in [3.63, 3.8) is 0 Å². The molecular weight excluding hydrogens is 408 g/mol. The molecule has 0 saturated heterocycles. The molecule has 3 heterocycles. The first-order valence-corrected chi connectivity index (χ1v) is 10.4. The van der Waals surface area contributed by atoms with Crippen LogP contribution in [0.5, 0.6) is 11.5 Å². The average Bonchev–Trinajstić information content (AvgIpc) is 3.06. The molecule has 0 radical (unpaired) electrons. The van der Waals surface area contributed by atoms with Gasteiger partial charge in [-0.3, -0.25) is 9.59 Å². The number of nitriles is 1. The van der Waals surface area contributed by atoms with Gasteiger partial charge in [0.05, 0.1) is 12.2 Å². The number of para-hydroxylation sites is 2. The van der Waals surface area contributed by atoms with Crippen LogP contribution in [0.4, 0.5) is 0 Å². The van der Waals surface area contributed by atoms with Gasteiger partial charge in [0.15, 0.2) is 23.4 Å². The Labute approximate surface area is 185 Å². The molecular formula is C24H24N4O4. The van der Waals surface area contributed by atoms with Crippen molar-refractivity contribution in [3.05, 3.63) is 74.5 Å². The van der Waals surface area contributed by atoms with Gasteiger partial charge in [-0.15, -0.1) is 0 Å². The smallest absolute Gasteiger partial charge is 0.285 e. The van der Waals surface area contributed by atoms with E-state index in [1.165, 1.54) is 0 Å². The molecule has 4 rings (SSSR count). The third-order valence-electron chi connectivity index (χ3n) is 5.87. The summed E-state index contributed by atoms with van der Waals surface area (Å²) in [6, 6.07) is 11.3. The van der Waals surface area contributed by atoms with E-state index in [0.29, 0.717) is 35.7 Å². The zero-order valence-corrected chi connectivity index (χ0v) is 18.5. The normalized spacial score (nSPS) is 14.8. The Morgan fingerprint density at radius 1 is 1.22 bits per heavy atom. The van der Waals surface area contributed by atoms with Gasteiger partial charge in [-0.25, -0.2) is 4.68 Å². The molecule has 0 N–H and O–H groups in total. The van der Waals surface area contributed by atoms with Gasteiger partial charge in [0.25, 0.3) is 5.56 Å². The highest BCUT2D eigenvalue weighted by Crippen LogP contribution is 2.31. The number of carbonyl (C=O) groups is 1. The number of hydrogen-bond acceptors (Lipinski definition) is 6. The van der Waals surface area contributed by atoms with Gasteiger partial charge < -0.3 is 14.0 Å². The molecule has 0 unspecified atom stereocenters. The fourth-order valence-corrected chi connectivity index (χ4v) is 3.95.